The molecular weight excluding hydrogens is 758 g/mol. The number of amides is 2. The molecule has 0 spiro atoms. The highest BCUT2D eigenvalue weighted by Gasteiger charge is 2.61. The van der Waals surface area contributed by atoms with Crippen LogP contribution in [0.3, 0.4) is 0 Å². The maximum absolute atomic E-state index is 14.9. The molecule has 3 aromatic carbocycles. The van der Waals surface area contributed by atoms with Gasteiger partial charge < -0.3 is 14.4 Å². The summed E-state index contributed by atoms with van der Waals surface area (Å²) in [6, 6.07) is 21.2. The van der Waals surface area contributed by atoms with Gasteiger partial charge in [-0.15, -0.1) is 0 Å². The SMILES string of the molecule is COc1ccc2c(O[C@@H]3C[C@H]4C(=O)C[C@]5(C(=O)NS(=O)(=O)C6CC6)C[C@H]5/C=C\CCCCC[C@H](Cc5ccc(F)c(C)c5)C(=O)N4C3)cc(-c3ccccc3)nc2c1. The number of allylic oxidation sites excluding steroid dienone is 2. The van der Waals surface area contributed by atoms with Crippen molar-refractivity contribution in [2.75, 3.05) is 13.7 Å². The number of fused-ring (bicyclic) bond motifs is 3. The lowest BCUT2D eigenvalue weighted by atomic mass is 9.89. The number of ether oxygens (including phenoxy) is 2. The van der Waals surface area contributed by atoms with E-state index in [2.05, 4.69) is 4.72 Å². The summed E-state index contributed by atoms with van der Waals surface area (Å²) in [5.41, 5.74) is 2.36. The van der Waals surface area contributed by atoms with E-state index in [-0.39, 0.29) is 42.8 Å². The van der Waals surface area contributed by atoms with Crippen LogP contribution < -0.4 is 14.2 Å². The number of Topliss-reactive ketones (excluding diaryl/α,β-unsaturated/α-hetero) is 1. The smallest absolute Gasteiger partial charge is 0.240 e. The van der Waals surface area contributed by atoms with E-state index in [0.29, 0.717) is 60.4 Å². The number of sulfonamides is 1. The first-order valence-electron chi connectivity index (χ1n) is 20.5. The number of rotatable bonds is 9. The van der Waals surface area contributed by atoms with Gasteiger partial charge in [-0.1, -0.05) is 67.5 Å². The molecule has 4 aliphatic rings. The van der Waals surface area contributed by atoms with Gasteiger partial charge in [-0.25, -0.2) is 17.8 Å². The van der Waals surface area contributed by atoms with Gasteiger partial charge >= 0.3 is 0 Å². The number of benzene rings is 3. The van der Waals surface area contributed by atoms with Crippen LogP contribution in [0.2, 0.25) is 0 Å². The minimum Gasteiger partial charge on any atom is -0.497 e. The summed E-state index contributed by atoms with van der Waals surface area (Å²) >= 11 is 0. The number of halogens is 1. The van der Waals surface area contributed by atoms with Crippen LogP contribution in [-0.2, 0) is 30.8 Å². The minimum absolute atomic E-state index is 0.132. The number of aromatic nitrogens is 1. The Hall–Kier alpha value is -5.10. The zero-order chi connectivity index (χ0) is 40.6. The van der Waals surface area contributed by atoms with Crippen LogP contribution in [0.5, 0.6) is 11.5 Å². The van der Waals surface area contributed by atoms with E-state index in [1.807, 2.05) is 66.7 Å². The van der Waals surface area contributed by atoms with Gasteiger partial charge in [-0.2, -0.15) is 0 Å². The molecule has 2 aliphatic carbocycles. The Morgan fingerprint density at radius 2 is 1.81 bits per heavy atom. The summed E-state index contributed by atoms with van der Waals surface area (Å²) in [5.74, 6) is -1.02. The van der Waals surface area contributed by atoms with Crippen molar-refractivity contribution in [1.82, 2.24) is 14.6 Å². The Labute approximate surface area is 339 Å². The van der Waals surface area contributed by atoms with Crippen LogP contribution in [0, 0.1) is 30.0 Å². The van der Waals surface area contributed by atoms with Crippen LogP contribution in [0.4, 0.5) is 4.39 Å². The van der Waals surface area contributed by atoms with Crippen molar-refractivity contribution in [2.24, 2.45) is 17.3 Å². The largest absolute Gasteiger partial charge is 0.497 e. The molecule has 0 radical (unpaired) electrons. The molecule has 5 atom stereocenters. The zero-order valence-corrected chi connectivity index (χ0v) is 33.8. The molecule has 3 fully saturated rings. The van der Waals surface area contributed by atoms with Crippen molar-refractivity contribution < 1.29 is 36.7 Å². The topological polar surface area (TPSA) is 132 Å². The highest BCUT2D eigenvalue weighted by molar-refractivity contribution is 7.90. The Morgan fingerprint density at radius 3 is 2.57 bits per heavy atom. The van der Waals surface area contributed by atoms with E-state index < -0.39 is 44.7 Å². The fourth-order valence-electron chi connectivity index (χ4n) is 8.78. The van der Waals surface area contributed by atoms with Crippen molar-refractivity contribution in [3.05, 3.63) is 102 Å². The van der Waals surface area contributed by atoms with Crippen LogP contribution in [0.15, 0.2) is 84.9 Å². The molecule has 2 amide bonds. The second kappa shape index (κ2) is 16.3. The molecule has 1 N–H and O–H groups in total. The third-order valence-corrected chi connectivity index (χ3v) is 14.2. The third kappa shape index (κ3) is 8.39. The molecule has 3 heterocycles. The molecule has 0 bridgehead atoms. The number of nitrogens with one attached hydrogen (secondary N) is 1. The molecule has 10 nitrogen and oxygen atoms in total. The maximum atomic E-state index is 14.9. The molecule has 2 saturated carbocycles. The Kier molecular flexibility index (Phi) is 11.1. The number of aryl methyl sites for hydroxylation is 1. The fourth-order valence-corrected chi connectivity index (χ4v) is 10.2. The summed E-state index contributed by atoms with van der Waals surface area (Å²) < 4.78 is 54.9. The van der Waals surface area contributed by atoms with E-state index in [1.54, 1.807) is 31.1 Å². The van der Waals surface area contributed by atoms with Crippen LogP contribution in [-0.4, -0.2) is 66.9 Å². The Balaban J connectivity index is 1.14. The summed E-state index contributed by atoms with van der Waals surface area (Å²) in [6.07, 6.45) is 9.06. The van der Waals surface area contributed by atoms with E-state index in [0.717, 1.165) is 42.2 Å². The first kappa shape index (κ1) is 39.7. The molecule has 304 valence electrons. The predicted molar refractivity (Wildman–Crippen MR) is 219 cm³/mol. The van der Waals surface area contributed by atoms with Crippen molar-refractivity contribution in [2.45, 2.75) is 94.9 Å². The Bertz CT molecular complexity index is 2370. The number of carbonyl (C=O) groups excluding carboxylic acids is 3. The first-order valence-corrected chi connectivity index (χ1v) is 22.0. The normalized spacial score (nSPS) is 25.9. The lowest BCUT2D eigenvalue weighted by Gasteiger charge is -2.29. The molecule has 12 heteroatoms. The van der Waals surface area contributed by atoms with Crippen LogP contribution in [0.1, 0.15) is 75.3 Å². The van der Waals surface area contributed by atoms with Crippen LogP contribution in [0.25, 0.3) is 22.2 Å². The number of hydrogen-bond donors (Lipinski definition) is 1. The molecule has 4 aromatic rings. The maximum Gasteiger partial charge on any atom is 0.240 e. The zero-order valence-electron chi connectivity index (χ0n) is 33.0. The number of methoxy groups -OCH3 is 1. The van der Waals surface area contributed by atoms with Gasteiger partial charge in [0.2, 0.25) is 21.8 Å². The second-order valence-corrected chi connectivity index (χ2v) is 18.5. The van der Waals surface area contributed by atoms with Crippen molar-refractivity contribution in [1.29, 1.82) is 0 Å². The van der Waals surface area contributed by atoms with Gasteiger partial charge in [0.15, 0.2) is 5.78 Å². The molecule has 58 heavy (non-hydrogen) atoms. The number of carbonyl (C=O) groups is 3. The third-order valence-electron chi connectivity index (χ3n) is 12.4. The molecule has 1 aromatic heterocycles. The summed E-state index contributed by atoms with van der Waals surface area (Å²) in [5, 5.41) is 0.154. The molecule has 0 unspecified atom stereocenters. The lowest BCUT2D eigenvalue weighted by Crippen LogP contribution is -2.46. The van der Waals surface area contributed by atoms with Crippen molar-refractivity contribution in [3.63, 3.8) is 0 Å². The van der Waals surface area contributed by atoms with Crippen molar-refractivity contribution >= 4 is 38.5 Å². The fraction of sp³-hybridized carbons (Fsp3) is 0.435. The number of nitrogens with zero attached hydrogens (tertiary/aromatic N) is 2. The average Bonchev–Trinajstić information content (AvgIpc) is 4.15. The number of pyridine rings is 1. The first-order chi connectivity index (χ1) is 27.9. The van der Waals surface area contributed by atoms with E-state index in [4.69, 9.17) is 14.5 Å². The van der Waals surface area contributed by atoms with Gasteiger partial charge in [0.25, 0.3) is 0 Å². The minimum atomic E-state index is -3.85. The number of ketones is 1. The van der Waals surface area contributed by atoms with Crippen LogP contribution >= 0.6 is 0 Å². The van der Waals surface area contributed by atoms with Crippen molar-refractivity contribution in [3.8, 4) is 22.8 Å². The van der Waals surface area contributed by atoms with E-state index in [1.165, 1.54) is 6.07 Å². The number of hydrogen-bond acceptors (Lipinski definition) is 8. The quantitative estimate of drug-likeness (QED) is 0.171. The average molecular weight is 808 g/mol. The summed E-state index contributed by atoms with van der Waals surface area (Å²) in [4.78, 5) is 50.1. The Morgan fingerprint density at radius 1 is 1.00 bits per heavy atom. The molecule has 8 rings (SSSR count). The monoisotopic (exact) mass is 807 g/mol. The summed E-state index contributed by atoms with van der Waals surface area (Å²) in [6.45, 7) is 1.84. The van der Waals surface area contributed by atoms with Gasteiger partial charge in [0.1, 0.15) is 23.4 Å². The molecule has 2 aliphatic heterocycles. The van der Waals surface area contributed by atoms with E-state index in [9.17, 15) is 27.2 Å². The standard InChI is InChI=1S/C46H50FN3O7S/c1-29-21-30(15-20-38(29)47)22-32-13-7-4-3-5-10-14-33-26-46(33,45(53)49-58(54,55)36-17-18-36)27-42(51)41-24-35(28-50(41)44(32)52)57-43-25-39(31-11-8-6-9-12-31)48-40-23-34(56-2)16-19-37(40)43/h6,8-12,14-16,19-21,23,25,32-33,35-36,41H,3-5,7,13,17-18,22,24,26-28H2,1-2H3,(H,49,53)/b14-10-/t32-,33-,35-,41+,46-/m1/s1. The van der Waals surface area contributed by atoms with E-state index >= 15 is 0 Å². The van der Waals surface area contributed by atoms with Gasteiger partial charge in [-0.05, 0) is 87.1 Å². The van der Waals surface area contributed by atoms with Gasteiger partial charge in [-0.3, -0.25) is 19.1 Å². The predicted octanol–water partition coefficient (Wildman–Crippen LogP) is 7.66. The highest BCUT2D eigenvalue weighted by Crippen LogP contribution is 2.57. The van der Waals surface area contributed by atoms with Gasteiger partial charge in [0, 0.05) is 41.8 Å². The van der Waals surface area contributed by atoms with Gasteiger partial charge in [0.05, 0.1) is 41.6 Å². The summed E-state index contributed by atoms with van der Waals surface area (Å²) in [7, 11) is -2.25. The highest BCUT2D eigenvalue weighted by atomic mass is 32.2. The molecular formula is C46H50FN3O7S. The second-order valence-electron chi connectivity index (χ2n) is 16.6. The molecule has 1 saturated heterocycles. The lowest BCUT2D eigenvalue weighted by molar-refractivity contribution is -0.142.